The third-order valence-electron chi connectivity index (χ3n) is 5.85. The quantitative estimate of drug-likeness (QED) is 0.202. The van der Waals surface area contributed by atoms with Crippen LogP contribution in [0.5, 0.6) is 0 Å². The number of hydrogen-bond acceptors (Lipinski definition) is 4. The molecule has 0 fully saturated rings. The molecule has 0 radical (unpaired) electrons. The minimum absolute atomic E-state index is 0.0608. The summed E-state index contributed by atoms with van der Waals surface area (Å²) < 4.78 is 0.0608. The Bertz CT molecular complexity index is 540. The van der Waals surface area contributed by atoms with E-state index in [1.807, 2.05) is 6.92 Å². The molecule has 0 bridgehead atoms. The number of aliphatic carboxylic acids is 1. The molecule has 2 atom stereocenters. The maximum absolute atomic E-state index is 11.1. The van der Waals surface area contributed by atoms with Crippen LogP contribution in [0.15, 0.2) is 29.5 Å². The van der Waals surface area contributed by atoms with Gasteiger partial charge in [-0.1, -0.05) is 89.7 Å². The van der Waals surface area contributed by atoms with Crippen molar-refractivity contribution in [3.8, 4) is 0 Å². The maximum atomic E-state index is 11.1. The van der Waals surface area contributed by atoms with E-state index in [1.165, 1.54) is 77.0 Å². The minimum atomic E-state index is -1.11. The Morgan fingerprint density at radius 2 is 1.59 bits per heavy atom. The van der Waals surface area contributed by atoms with Crippen LogP contribution in [0, 0.1) is 0 Å². The number of carboxylic acids is 1. The van der Waals surface area contributed by atoms with Gasteiger partial charge in [0.25, 0.3) is 0 Å². The summed E-state index contributed by atoms with van der Waals surface area (Å²) in [4.78, 5) is 15.5. The number of carbonyl (C=O) groups is 1. The summed E-state index contributed by atoms with van der Waals surface area (Å²) in [5, 5.41) is 11.1. The van der Waals surface area contributed by atoms with E-state index in [0.29, 0.717) is 6.42 Å². The molecule has 5 nitrogen and oxygen atoms in total. The highest BCUT2D eigenvalue weighted by molar-refractivity contribution is 5.82. The van der Waals surface area contributed by atoms with E-state index >= 15 is 0 Å². The van der Waals surface area contributed by atoms with Gasteiger partial charge < -0.3 is 9.90 Å². The molecule has 0 aliphatic carbocycles. The largest absolute Gasteiger partial charge is 0.544 e. The van der Waals surface area contributed by atoms with Crippen LogP contribution in [-0.2, 0) is 4.79 Å². The number of amidine groups is 1. The first-order chi connectivity index (χ1) is 14.0. The lowest BCUT2D eigenvalue weighted by atomic mass is 10.0. The van der Waals surface area contributed by atoms with Gasteiger partial charge in [-0.2, -0.15) is 0 Å². The van der Waals surface area contributed by atoms with E-state index in [2.05, 4.69) is 24.1 Å². The second-order valence-corrected chi connectivity index (χ2v) is 8.40. The fourth-order valence-electron chi connectivity index (χ4n) is 3.94. The zero-order valence-corrected chi connectivity index (χ0v) is 18.8. The summed E-state index contributed by atoms with van der Waals surface area (Å²) in [6, 6.07) is 0. The molecule has 166 valence electrons. The van der Waals surface area contributed by atoms with Crippen LogP contribution in [0.3, 0.4) is 0 Å². The number of allylic oxidation sites excluding steroid dienone is 1. The summed E-state index contributed by atoms with van der Waals surface area (Å²) in [5.74, 6) is -0.336. The Hall–Kier alpha value is -1.46. The zero-order valence-electron chi connectivity index (χ0n) is 18.8. The SMILES string of the molecule is CCCCCCCCCCCCCC/C=C/CC1=NC=C[N+]1(CC(=O)[O-])C(C)N. The first kappa shape index (κ1) is 25.6. The molecular weight excluding hydrogens is 362 g/mol. The summed E-state index contributed by atoms with van der Waals surface area (Å²) in [7, 11) is 0. The summed E-state index contributed by atoms with van der Waals surface area (Å²) >= 11 is 0. The highest BCUT2D eigenvalue weighted by Gasteiger charge is 2.38. The Balaban J connectivity index is 2.07. The van der Waals surface area contributed by atoms with Crippen molar-refractivity contribution in [2.24, 2.45) is 10.7 Å². The molecule has 0 saturated carbocycles. The Morgan fingerprint density at radius 1 is 1.03 bits per heavy atom. The van der Waals surface area contributed by atoms with Gasteiger partial charge in [-0.05, 0) is 12.8 Å². The smallest absolute Gasteiger partial charge is 0.213 e. The maximum Gasteiger partial charge on any atom is 0.213 e. The number of nitrogens with two attached hydrogens (primary N) is 1. The Labute approximate surface area is 178 Å². The van der Waals surface area contributed by atoms with Gasteiger partial charge in [0.2, 0.25) is 5.84 Å². The van der Waals surface area contributed by atoms with Crippen molar-refractivity contribution in [2.45, 2.75) is 110 Å². The average molecular weight is 406 g/mol. The molecule has 1 rings (SSSR count). The first-order valence-electron chi connectivity index (χ1n) is 11.8. The molecule has 0 aromatic heterocycles. The number of hydrogen-bond donors (Lipinski definition) is 1. The molecule has 0 aromatic carbocycles. The van der Waals surface area contributed by atoms with Crippen LogP contribution in [0.4, 0.5) is 0 Å². The van der Waals surface area contributed by atoms with Crippen molar-refractivity contribution in [3.63, 3.8) is 0 Å². The topological polar surface area (TPSA) is 78.5 Å². The van der Waals surface area contributed by atoms with E-state index < -0.39 is 5.97 Å². The predicted molar refractivity (Wildman–Crippen MR) is 120 cm³/mol. The number of aliphatic imine (C=N–C) groups is 1. The van der Waals surface area contributed by atoms with Crippen molar-refractivity contribution < 1.29 is 14.4 Å². The van der Waals surface area contributed by atoms with Crippen LogP contribution >= 0.6 is 0 Å². The normalized spacial score (nSPS) is 19.8. The monoisotopic (exact) mass is 405 g/mol. The van der Waals surface area contributed by atoms with Gasteiger partial charge in [0, 0.05) is 6.92 Å². The van der Waals surface area contributed by atoms with Gasteiger partial charge >= 0.3 is 0 Å². The first-order valence-corrected chi connectivity index (χ1v) is 11.8. The highest BCUT2D eigenvalue weighted by Crippen LogP contribution is 2.22. The molecule has 1 heterocycles. The third kappa shape index (κ3) is 10.2. The number of unbranched alkanes of at least 4 members (excludes halogenated alkanes) is 12. The summed E-state index contributed by atoms with van der Waals surface area (Å²) in [6.07, 6.45) is 25.4. The molecule has 1 aliphatic heterocycles. The zero-order chi connectivity index (χ0) is 21.4. The number of nitrogens with zero attached hydrogens (tertiary/aromatic N) is 2. The van der Waals surface area contributed by atoms with Gasteiger partial charge in [0.15, 0.2) is 0 Å². The molecule has 2 unspecified atom stereocenters. The van der Waals surface area contributed by atoms with Gasteiger partial charge in [-0.3, -0.25) is 5.73 Å². The number of carboxylic acid groups (broad SMARTS) is 1. The standard InChI is InChI=1S/C24H43N3O2/c1-3-4-5-6-7-8-9-10-11-12-13-14-15-16-17-18-23-26-19-20-27(23,22(2)25)21-24(28)29/h16-17,19-20,22H,3-15,18,21,25H2,1-2H3/b17-16+. The summed E-state index contributed by atoms with van der Waals surface area (Å²) in [5.41, 5.74) is 6.05. The molecule has 0 amide bonds. The summed E-state index contributed by atoms with van der Waals surface area (Å²) in [6.45, 7) is 3.91. The van der Waals surface area contributed by atoms with Crippen LogP contribution < -0.4 is 10.8 Å². The molecule has 0 saturated heterocycles. The molecule has 0 spiro atoms. The van der Waals surface area contributed by atoms with Crippen molar-refractivity contribution in [1.29, 1.82) is 0 Å². The van der Waals surface area contributed by atoms with Crippen LogP contribution in [-0.4, -0.2) is 29.0 Å². The second kappa shape index (κ2) is 15.4. The van der Waals surface area contributed by atoms with Crippen molar-refractivity contribution in [3.05, 3.63) is 24.6 Å². The predicted octanol–water partition coefficient (Wildman–Crippen LogP) is 4.78. The Kier molecular flexibility index (Phi) is 13.6. The molecule has 2 N–H and O–H groups in total. The molecule has 5 heteroatoms. The van der Waals surface area contributed by atoms with E-state index in [9.17, 15) is 9.90 Å². The highest BCUT2D eigenvalue weighted by atomic mass is 16.4. The van der Waals surface area contributed by atoms with Crippen molar-refractivity contribution >= 4 is 11.8 Å². The number of quaternary nitrogens is 1. The van der Waals surface area contributed by atoms with E-state index in [1.54, 1.807) is 12.4 Å². The van der Waals surface area contributed by atoms with E-state index in [4.69, 9.17) is 5.73 Å². The van der Waals surface area contributed by atoms with Gasteiger partial charge in [-0.15, -0.1) is 0 Å². The lowest BCUT2D eigenvalue weighted by Gasteiger charge is -2.35. The van der Waals surface area contributed by atoms with Crippen LogP contribution in [0.1, 0.15) is 104 Å². The third-order valence-corrected chi connectivity index (χ3v) is 5.85. The Morgan fingerprint density at radius 3 is 2.10 bits per heavy atom. The lowest BCUT2D eigenvalue weighted by Crippen LogP contribution is -2.60. The van der Waals surface area contributed by atoms with Crippen molar-refractivity contribution in [2.75, 3.05) is 6.54 Å². The van der Waals surface area contributed by atoms with Crippen molar-refractivity contribution in [1.82, 2.24) is 0 Å². The second-order valence-electron chi connectivity index (χ2n) is 8.40. The molecule has 1 aliphatic rings. The molecule has 29 heavy (non-hydrogen) atoms. The van der Waals surface area contributed by atoms with E-state index in [-0.39, 0.29) is 17.2 Å². The number of rotatable bonds is 18. The fraction of sp³-hybridized carbons (Fsp3) is 0.750. The molecular formula is C24H43N3O2. The average Bonchev–Trinajstić information content (AvgIpc) is 3.08. The minimum Gasteiger partial charge on any atom is -0.544 e. The van der Waals surface area contributed by atoms with Crippen LogP contribution in [0.2, 0.25) is 0 Å². The molecule has 0 aromatic rings. The van der Waals surface area contributed by atoms with Gasteiger partial charge in [0.05, 0.1) is 18.6 Å². The van der Waals surface area contributed by atoms with Gasteiger partial charge in [-0.25, -0.2) is 9.48 Å². The number of carbonyl (C=O) groups excluding carboxylic acids is 1. The van der Waals surface area contributed by atoms with Crippen LogP contribution in [0.25, 0.3) is 0 Å². The lowest BCUT2D eigenvalue weighted by molar-refractivity contribution is -0.807. The van der Waals surface area contributed by atoms with E-state index in [0.717, 1.165) is 12.3 Å². The fourth-order valence-corrected chi connectivity index (χ4v) is 3.94. The van der Waals surface area contributed by atoms with Gasteiger partial charge in [0.1, 0.15) is 18.9 Å².